The molecule has 1 aromatic heterocycles. The first-order valence-electron chi connectivity index (χ1n) is 5.66. The Morgan fingerprint density at radius 1 is 1.44 bits per heavy atom. The lowest BCUT2D eigenvalue weighted by Crippen LogP contribution is -2.23. The molecular weight excluding hydrogens is 332 g/mol. The molecule has 0 radical (unpaired) electrons. The molecule has 0 aromatic carbocycles. The molecule has 0 amide bonds. The number of hydrogen-bond donors (Lipinski definition) is 1. The van der Waals surface area contributed by atoms with Gasteiger partial charge in [0.1, 0.15) is 0 Å². The Morgan fingerprint density at radius 3 is 2.75 bits per heavy atom. The third-order valence-corrected chi connectivity index (χ3v) is 4.50. The summed E-state index contributed by atoms with van der Waals surface area (Å²) >= 11 is 6.93. The van der Waals surface area contributed by atoms with Gasteiger partial charge in [0.25, 0.3) is 0 Å². The normalized spacial score (nSPS) is 17.4. The summed E-state index contributed by atoms with van der Waals surface area (Å²) in [5, 5.41) is 3.51. The maximum atomic E-state index is 4.39. The van der Waals surface area contributed by atoms with Crippen LogP contribution in [-0.4, -0.2) is 11.5 Å². The van der Waals surface area contributed by atoms with Crippen LogP contribution in [0.15, 0.2) is 21.2 Å². The Balaban J connectivity index is 1.85. The zero-order chi connectivity index (χ0) is 11.6. The zero-order valence-electron chi connectivity index (χ0n) is 9.39. The van der Waals surface area contributed by atoms with Crippen LogP contribution in [-0.2, 0) is 6.54 Å². The molecule has 1 N–H and O–H groups in total. The molecule has 2 nitrogen and oxygen atoms in total. The van der Waals surface area contributed by atoms with Crippen molar-refractivity contribution in [3.05, 3.63) is 26.9 Å². The van der Waals surface area contributed by atoms with Gasteiger partial charge in [-0.3, -0.25) is 4.98 Å². The fraction of sp³-hybridized carbons (Fsp3) is 0.583. The van der Waals surface area contributed by atoms with Crippen LogP contribution in [0.1, 0.15) is 31.9 Å². The van der Waals surface area contributed by atoms with Gasteiger partial charge in [-0.05, 0) is 62.6 Å². The van der Waals surface area contributed by atoms with Gasteiger partial charge in [-0.1, -0.05) is 6.92 Å². The lowest BCUT2D eigenvalue weighted by Gasteiger charge is -2.13. The molecule has 0 aliphatic heterocycles. The molecule has 2 rings (SSSR count). The fourth-order valence-corrected chi connectivity index (χ4v) is 2.98. The minimum absolute atomic E-state index is 0.599. The Labute approximate surface area is 113 Å². The van der Waals surface area contributed by atoms with Crippen molar-refractivity contribution in [1.29, 1.82) is 0 Å². The summed E-state index contributed by atoms with van der Waals surface area (Å²) in [4.78, 5) is 4.39. The highest BCUT2D eigenvalue weighted by atomic mass is 79.9. The molecule has 0 unspecified atom stereocenters. The second-order valence-corrected chi connectivity index (χ2v) is 6.31. The standard InChI is InChI=1S/C12H16Br2N2/c1-2-12(3-4-12)8-15-7-11-10(14)5-9(13)6-16-11/h5-6,15H,2-4,7-8H2,1H3. The first kappa shape index (κ1) is 12.5. The predicted molar refractivity (Wildman–Crippen MR) is 73.3 cm³/mol. The van der Waals surface area contributed by atoms with Crippen molar-refractivity contribution in [3.63, 3.8) is 0 Å². The molecule has 4 heteroatoms. The van der Waals surface area contributed by atoms with E-state index in [-0.39, 0.29) is 0 Å². The quantitative estimate of drug-likeness (QED) is 0.874. The highest BCUT2D eigenvalue weighted by Crippen LogP contribution is 2.47. The predicted octanol–water partition coefficient (Wildman–Crippen LogP) is 3.89. The van der Waals surface area contributed by atoms with Crippen molar-refractivity contribution in [2.24, 2.45) is 5.41 Å². The first-order valence-corrected chi connectivity index (χ1v) is 7.24. The second kappa shape index (κ2) is 5.15. The number of nitrogens with zero attached hydrogens (tertiary/aromatic N) is 1. The third kappa shape index (κ3) is 3.05. The van der Waals surface area contributed by atoms with Gasteiger partial charge in [-0.2, -0.15) is 0 Å². The van der Waals surface area contributed by atoms with Gasteiger partial charge in [0.2, 0.25) is 0 Å². The van der Waals surface area contributed by atoms with E-state index >= 15 is 0 Å². The molecule has 0 spiro atoms. The Hall–Kier alpha value is 0.0700. The number of pyridine rings is 1. The van der Waals surface area contributed by atoms with Gasteiger partial charge in [0.05, 0.1) is 5.69 Å². The monoisotopic (exact) mass is 346 g/mol. The van der Waals surface area contributed by atoms with E-state index in [1.54, 1.807) is 0 Å². The van der Waals surface area contributed by atoms with Crippen LogP contribution in [0.4, 0.5) is 0 Å². The van der Waals surface area contributed by atoms with E-state index in [2.05, 4.69) is 49.1 Å². The van der Waals surface area contributed by atoms with Gasteiger partial charge in [0.15, 0.2) is 0 Å². The number of hydrogen-bond acceptors (Lipinski definition) is 2. The van der Waals surface area contributed by atoms with Crippen LogP contribution in [0.3, 0.4) is 0 Å². The molecule has 1 aliphatic carbocycles. The lowest BCUT2D eigenvalue weighted by molar-refractivity contribution is 0.441. The maximum Gasteiger partial charge on any atom is 0.0684 e. The lowest BCUT2D eigenvalue weighted by atomic mass is 10.0. The number of nitrogens with one attached hydrogen (secondary N) is 1. The van der Waals surface area contributed by atoms with Crippen LogP contribution in [0.25, 0.3) is 0 Å². The van der Waals surface area contributed by atoms with Gasteiger partial charge in [-0.15, -0.1) is 0 Å². The Morgan fingerprint density at radius 2 is 2.19 bits per heavy atom. The van der Waals surface area contributed by atoms with E-state index in [4.69, 9.17) is 0 Å². The average Bonchev–Trinajstić information content (AvgIpc) is 3.02. The summed E-state index contributed by atoms with van der Waals surface area (Å²) in [5.74, 6) is 0. The molecule has 1 heterocycles. The highest BCUT2D eigenvalue weighted by molar-refractivity contribution is 9.11. The second-order valence-electron chi connectivity index (χ2n) is 4.54. The van der Waals surface area contributed by atoms with Gasteiger partial charge in [-0.25, -0.2) is 0 Å². The molecular formula is C12H16Br2N2. The molecule has 1 aliphatic rings. The highest BCUT2D eigenvalue weighted by Gasteiger charge is 2.39. The molecule has 0 atom stereocenters. The summed E-state index contributed by atoms with van der Waals surface area (Å²) in [6.07, 6.45) is 5.89. The molecule has 1 aromatic rings. The third-order valence-electron chi connectivity index (χ3n) is 3.38. The first-order chi connectivity index (χ1) is 7.65. The molecule has 88 valence electrons. The molecule has 16 heavy (non-hydrogen) atoms. The van der Waals surface area contributed by atoms with Crippen molar-refractivity contribution in [2.45, 2.75) is 32.7 Å². The fourth-order valence-electron chi connectivity index (χ4n) is 1.85. The van der Waals surface area contributed by atoms with Gasteiger partial charge < -0.3 is 5.32 Å². The van der Waals surface area contributed by atoms with Gasteiger partial charge >= 0.3 is 0 Å². The van der Waals surface area contributed by atoms with Crippen molar-refractivity contribution in [2.75, 3.05) is 6.54 Å². The minimum Gasteiger partial charge on any atom is -0.311 e. The SMILES string of the molecule is CCC1(CNCc2ncc(Br)cc2Br)CC1. The van der Waals surface area contributed by atoms with Crippen molar-refractivity contribution in [1.82, 2.24) is 10.3 Å². The van der Waals surface area contributed by atoms with E-state index in [1.807, 2.05) is 12.3 Å². The molecule has 1 saturated carbocycles. The Kier molecular flexibility index (Phi) is 4.03. The van der Waals surface area contributed by atoms with Gasteiger partial charge in [0, 0.05) is 28.2 Å². The zero-order valence-corrected chi connectivity index (χ0v) is 12.6. The molecule has 0 saturated heterocycles. The Bertz CT molecular complexity index is 375. The maximum absolute atomic E-state index is 4.39. The van der Waals surface area contributed by atoms with Crippen LogP contribution < -0.4 is 5.32 Å². The van der Waals surface area contributed by atoms with Crippen molar-refractivity contribution in [3.8, 4) is 0 Å². The minimum atomic E-state index is 0.599. The summed E-state index contributed by atoms with van der Waals surface area (Å²) in [6.45, 7) is 4.24. The van der Waals surface area contributed by atoms with E-state index in [0.29, 0.717) is 5.41 Å². The van der Waals surface area contributed by atoms with Crippen molar-refractivity contribution >= 4 is 31.9 Å². The van der Waals surface area contributed by atoms with E-state index in [1.165, 1.54) is 19.3 Å². The summed E-state index contributed by atoms with van der Waals surface area (Å²) in [7, 11) is 0. The number of aromatic nitrogens is 1. The summed E-state index contributed by atoms with van der Waals surface area (Å²) in [5.41, 5.74) is 1.68. The van der Waals surface area contributed by atoms with Crippen LogP contribution in [0.5, 0.6) is 0 Å². The van der Waals surface area contributed by atoms with Crippen LogP contribution in [0, 0.1) is 5.41 Å². The largest absolute Gasteiger partial charge is 0.311 e. The van der Waals surface area contributed by atoms with E-state index in [9.17, 15) is 0 Å². The summed E-state index contributed by atoms with van der Waals surface area (Å²) in [6, 6.07) is 2.04. The van der Waals surface area contributed by atoms with E-state index in [0.717, 1.165) is 27.7 Å². The summed E-state index contributed by atoms with van der Waals surface area (Å²) < 4.78 is 2.08. The average molecular weight is 348 g/mol. The van der Waals surface area contributed by atoms with Crippen LogP contribution in [0.2, 0.25) is 0 Å². The number of rotatable bonds is 5. The van der Waals surface area contributed by atoms with Crippen LogP contribution >= 0.6 is 31.9 Å². The molecule has 0 bridgehead atoms. The molecule has 1 fully saturated rings. The van der Waals surface area contributed by atoms with E-state index < -0.39 is 0 Å². The number of halogens is 2. The van der Waals surface area contributed by atoms with Crippen molar-refractivity contribution < 1.29 is 0 Å². The topological polar surface area (TPSA) is 24.9 Å². The smallest absolute Gasteiger partial charge is 0.0684 e.